The molecule has 1 fully saturated rings. The maximum Gasteiger partial charge on any atom is 0.240 e. The van der Waals surface area contributed by atoms with Crippen molar-refractivity contribution >= 4 is 34.1 Å². The summed E-state index contributed by atoms with van der Waals surface area (Å²) in [4.78, 5) is 19.5. The number of hydrogen-bond donors (Lipinski definition) is 0. The van der Waals surface area contributed by atoms with E-state index in [0.717, 1.165) is 21.3 Å². The number of hydrogen-bond acceptors (Lipinski definition) is 5. The number of nitrogens with zero attached hydrogens (tertiary/aromatic N) is 2. The third-order valence-electron chi connectivity index (χ3n) is 3.17. The van der Waals surface area contributed by atoms with Crippen LogP contribution in [0.5, 0.6) is 5.75 Å². The Morgan fingerprint density at radius 2 is 2.24 bits per heavy atom. The van der Waals surface area contributed by atoms with Gasteiger partial charge in [0, 0.05) is 16.6 Å². The topological polar surface area (TPSA) is 42.4 Å². The average Bonchev–Trinajstić information content (AvgIpc) is 3.06. The van der Waals surface area contributed by atoms with E-state index in [9.17, 15) is 4.79 Å². The van der Waals surface area contributed by atoms with Crippen LogP contribution in [0, 0.1) is 6.92 Å². The van der Waals surface area contributed by atoms with Gasteiger partial charge in [0.1, 0.15) is 11.1 Å². The standard InChI is InChI=1S/C15H16N2O2S2/c1-3-19-12-7-5-4-6-11(12)14-17(13(18)9-20-14)15-16-8-10(2)21-15/h4-8,14H,3,9H2,1-2H3/t14-/m0/s1. The summed E-state index contributed by atoms with van der Waals surface area (Å²) in [6.45, 7) is 4.57. The molecule has 0 bridgehead atoms. The van der Waals surface area contributed by atoms with E-state index < -0.39 is 0 Å². The molecule has 1 aliphatic rings. The Kier molecular flexibility index (Phi) is 4.17. The molecule has 0 spiro atoms. The van der Waals surface area contributed by atoms with Gasteiger partial charge in [0.05, 0.1) is 12.4 Å². The number of aryl methyl sites for hydroxylation is 1. The second-order valence-corrected chi connectivity index (χ2v) is 6.93. The van der Waals surface area contributed by atoms with E-state index >= 15 is 0 Å². The number of carbonyl (C=O) groups is 1. The number of benzene rings is 1. The third-order valence-corrected chi connectivity index (χ3v) is 5.27. The number of thiazole rings is 1. The zero-order chi connectivity index (χ0) is 14.8. The van der Waals surface area contributed by atoms with Crippen LogP contribution in [0.2, 0.25) is 0 Å². The predicted molar refractivity (Wildman–Crippen MR) is 87.1 cm³/mol. The van der Waals surface area contributed by atoms with Crippen molar-refractivity contribution in [3.63, 3.8) is 0 Å². The molecule has 0 aliphatic carbocycles. The molecule has 4 nitrogen and oxygen atoms in total. The molecule has 0 radical (unpaired) electrons. The molecular weight excluding hydrogens is 304 g/mol. The molecule has 1 aliphatic heterocycles. The molecule has 2 aromatic rings. The highest BCUT2D eigenvalue weighted by Crippen LogP contribution is 2.45. The number of anilines is 1. The van der Waals surface area contributed by atoms with Crippen LogP contribution in [-0.4, -0.2) is 23.3 Å². The van der Waals surface area contributed by atoms with Crippen LogP contribution < -0.4 is 9.64 Å². The lowest BCUT2D eigenvalue weighted by atomic mass is 10.2. The van der Waals surface area contributed by atoms with Crippen LogP contribution in [-0.2, 0) is 4.79 Å². The van der Waals surface area contributed by atoms with Crippen molar-refractivity contribution < 1.29 is 9.53 Å². The molecule has 1 saturated heterocycles. The van der Waals surface area contributed by atoms with Crippen LogP contribution in [0.1, 0.15) is 22.7 Å². The maximum atomic E-state index is 12.3. The van der Waals surface area contributed by atoms with Crippen LogP contribution in [0.4, 0.5) is 5.13 Å². The Balaban J connectivity index is 1.99. The number of carbonyl (C=O) groups excluding carboxylic acids is 1. The van der Waals surface area contributed by atoms with Gasteiger partial charge in [-0.25, -0.2) is 4.98 Å². The van der Waals surface area contributed by atoms with E-state index in [-0.39, 0.29) is 11.3 Å². The van der Waals surface area contributed by atoms with Gasteiger partial charge in [0.15, 0.2) is 5.13 Å². The minimum Gasteiger partial charge on any atom is -0.493 e. The largest absolute Gasteiger partial charge is 0.493 e. The normalized spacial score (nSPS) is 18.3. The number of aromatic nitrogens is 1. The maximum absolute atomic E-state index is 12.3. The van der Waals surface area contributed by atoms with E-state index in [0.29, 0.717) is 12.4 Å². The quantitative estimate of drug-likeness (QED) is 0.863. The Labute approximate surface area is 132 Å². The van der Waals surface area contributed by atoms with Crippen molar-refractivity contribution in [1.29, 1.82) is 0 Å². The van der Waals surface area contributed by atoms with E-state index in [2.05, 4.69) is 4.98 Å². The van der Waals surface area contributed by atoms with Gasteiger partial charge in [0.25, 0.3) is 0 Å². The fraction of sp³-hybridized carbons (Fsp3) is 0.333. The van der Waals surface area contributed by atoms with Gasteiger partial charge in [-0.05, 0) is 19.9 Å². The summed E-state index contributed by atoms with van der Waals surface area (Å²) in [5.74, 6) is 1.42. The van der Waals surface area contributed by atoms with Gasteiger partial charge >= 0.3 is 0 Å². The molecular formula is C15H16N2O2S2. The molecule has 2 heterocycles. The summed E-state index contributed by atoms with van der Waals surface area (Å²) in [6.07, 6.45) is 1.81. The predicted octanol–water partition coefficient (Wildman–Crippen LogP) is 3.63. The van der Waals surface area contributed by atoms with Gasteiger partial charge in [-0.2, -0.15) is 0 Å². The Hall–Kier alpha value is -1.53. The van der Waals surface area contributed by atoms with E-state index in [4.69, 9.17) is 4.74 Å². The van der Waals surface area contributed by atoms with Crippen LogP contribution >= 0.6 is 23.1 Å². The summed E-state index contributed by atoms with van der Waals surface area (Å²) >= 11 is 3.17. The lowest BCUT2D eigenvalue weighted by molar-refractivity contribution is -0.115. The minimum atomic E-state index is -0.0641. The van der Waals surface area contributed by atoms with Crippen LogP contribution in [0.15, 0.2) is 30.5 Å². The SMILES string of the molecule is CCOc1ccccc1[C@@H]1SCC(=O)N1c1ncc(C)s1. The van der Waals surface area contributed by atoms with Gasteiger partial charge in [-0.3, -0.25) is 9.69 Å². The fourth-order valence-electron chi connectivity index (χ4n) is 2.29. The monoisotopic (exact) mass is 320 g/mol. The molecule has 0 saturated carbocycles. The van der Waals surface area contributed by atoms with Crippen molar-refractivity contribution in [1.82, 2.24) is 4.98 Å². The highest BCUT2D eigenvalue weighted by molar-refractivity contribution is 8.00. The molecule has 1 amide bonds. The highest BCUT2D eigenvalue weighted by Gasteiger charge is 2.37. The molecule has 1 aromatic carbocycles. The van der Waals surface area contributed by atoms with Crippen LogP contribution in [0.25, 0.3) is 0 Å². The number of thioether (sulfide) groups is 1. The number of amides is 1. The highest BCUT2D eigenvalue weighted by atomic mass is 32.2. The van der Waals surface area contributed by atoms with Crippen molar-refractivity contribution in [3.8, 4) is 5.75 Å². The fourth-order valence-corrected chi connectivity index (χ4v) is 4.34. The molecule has 1 atom stereocenters. The van der Waals surface area contributed by atoms with E-state index in [1.54, 1.807) is 28.0 Å². The van der Waals surface area contributed by atoms with Gasteiger partial charge in [-0.1, -0.05) is 18.2 Å². The lowest BCUT2D eigenvalue weighted by Gasteiger charge is -2.23. The molecule has 0 N–H and O–H groups in total. The molecule has 3 rings (SSSR count). The molecule has 110 valence electrons. The first kappa shape index (κ1) is 14.4. The van der Waals surface area contributed by atoms with Crippen molar-refractivity contribution in [2.24, 2.45) is 0 Å². The van der Waals surface area contributed by atoms with Crippen molar-refractivity contribution in [2.45, 2.75) is 19.2 Å². The summed E-state index contributed by atoms with van der Waals surface area (Å²) in [6, 6.07) is 7.91. The number of ether oxygens (including phenoxy) is 1. The number of para-hydroxylation sites is 1. The van der Waals surface area contributed by atoms with E-state index in [1.165, 1.54) is 0 Å². The smallest absolute Gasteiger partial charge is 0.240 e. The zero-order valence-electron chi connectivity index (χ0n) is 11.9. The first-order chi connectivity index (χ1) is 10.2. The van der Waals surface area contributed by atoms with Crippen molar-refractivity contribution in [3.05, 3.63) is 40.9 Å². The Morgan fingerprint density at radius 3 is 2.95 bits per heavy atom. The molecule has 1 aromatic heterocycles. The zero-order valence-corrected chi connectivity index (χ0v) is 13.5. The summed E-state index contributed by atoms with van der Waals surface area (Å²) in [7, 11) is 0. The third kappa shape index (κ3) is 2.78. The van der Waals surface area contributed by atoms with Crippen LogP contribution in [0.3, 0.4) is 0 Å². The molecule has 0 unspecified atom stereocenters. The second-order valence-electron chi connectivity index (χ2n) is 4.65. The van der Waals surface area contributed by atoms with Gasteiger partial charge in [0.2, 0.25) is 5.91 Å². The first-order valence-electron chi connectivity index (χ1n) is 6.78. The first-order valence-corrected chi connectivity index (χ1v) is 8.65. The Morgan fingerprint density at radius 1 is 1.43 bits per heavy atom. The van der Waals surface area contributed by atoms with Gasteiger partial charge in [-0.15, -0.1) is 23.1 Å². The average molecular weight is 320 g/mol. The molecule has 21 heavy (non-hydrogen) atoms. The number of rotatable bonds is 4. The second kappa shape index (κ2) is 6.07. The van der Waals surface area contributed by atoms with E-state index in [1.807, 2.05) is 44.3 Å². The van der Waals surface area contributed by atoms with Gasteiger partial charge < -0.3 is 4.74 Å². The molecule has 6 heteroatoms. The summed E-state index contributed by atoms with van der Waals surface area (Å²) < 4.78 is 5.71. The summed E-state index contributed by atoms with van der Waals surface area (Å²) in [5.41, 5.74) is 1.03. The van der Waals surface area contributed by atoms with Crippen molar-refractivity contribution in [2.75, 3.05) is 17.3 Å². The minimum absolute atomic E-state index is 0.0641. The Bertz CT molecular complexity index is 657. The lowest BCUT2D eigenvalue weighted by Crippen LogP contribution is -2.27. The summed E-state index contributed by atoms with van der Waals surface area (Å²) in [5, 5.41) is 0.699.